The third-order valence-electron chi connectivity index (χ3n) is 9.77. The maximum Gasteiger partial charge on any atom is 0.301 e. The van der Waals surface area contributed by atoms with Crippen LogP contribution in [0.2, 0.25) is 0 Å². The fourth-order valence-corrected chi connectivity index (χ4v) is 9.22. The lowest BCUT2D eigenvalue weighted by atomic mass is 9.56. The third-order valence-corrected chi connectivity index (χ3v) is 11.8. The number of likely N-dealkylation sites (tertiary alicyclic amines) is 1. The van der Waals surface area contributed by atoms with Gasteiger partial charge in [-0.3, -0.25) is 44.3 Å². The summed E-state index contributed by atoms with van der Waals surface area (Å²) in [5.41, 5.74) is -1.29. The molecule has 2 aliphatic carbocycles. The Morgan fingerprint density at radius 3 is 2.15 bits per heavy atom. The highest BCUT2D eigenvalue weighted by Gasteiger charge is 2.76. The second kappa shape index (κ2) is 11.1. The van der Waals surface area contributed by atoms with Gasteiger partial charge in [0.25, 0.3) is 11.8 Å². The van der Waals surface area contributed by atoms with Crippen LogP contribution < -0.4 is 14.5 Å². The lowest BCUT2D eigenvalue weighted by molar-refractivity contribution is -0.392. The van der Waals surface area contributed by atoms with Gasteiger partial charge in [-0.15, -0.1) is 23.2 Å². The number of halogens is 3. The molecule has 0 spiro atoms. The number of alkyl halides is 2. The van der Waals surface area contributed by atoms with Gasteiger partial charge in [0.05, 0.1) is 39.0 Å². The Labute approximate surface area is 290 Å². The number of rotatable bonds is 6. The SMILES string of the molecule is COc1cc([C@H]2C3=CC[C@@H]4C(=O)N(c5cc([N+](=O)[O-])c(N(C)C)c([N+](=O)[O-])c5)C(=O)[C@@H]4[C@@H]3C[C@@]3(Cl)C(=O)N(C)C(=O)[C@@]23Cl)cc(Br)c1O. The van der Waals surface area contributed by atoms with Crippen LogP contribution in [0.4, 0.5) is 22.7 Å². The summed E-state index contributed by atoms with van der Waals surface area (Å²) in [6, 6.07) is 4.81. The molecule has 0 aromatic heterocycles. The fourth-order valence-electron chi connectivity index (χ4n) is 7.74. The Bertz CT molecular complexity index is 1890. The van der Waals surface area contributed by atoms with Crippen molar-refractivity contribution in [3.05, 3.63) is 66.2 Å². The van der Waals surface area contributed by atoms with Crippen LogP contribution in [-0.2, 0) is 19.2 Å². The Morgan fingerprint density at radius 2 is 1.60 bits per heavy atom. The number of phenolic OH excluding ortho intramolecular Hbond substituents is 1. The van der Waals surface area contributed by atoms with Gasteiger partial charge in [0.1, 0.15) is 0 Å². The van der Waals surface area contributed by atoms with Gasteiger partial charge < -0.3 is 14.7 Å². The minimum atomic E-state index is -2.09. The Kier molecular flexibility index (Phi) is 7.80. The van der Waals surface area contributed by atoms with Crippen LogP contribution in [0.5, 0.6) is 11.5 Å². The molecule has 2 heterocycles. The molecular weight excluding hydrogens is 741 g/mol. The highest BCUT2D eigenvalue weighted by atomic mass is 79.9. The van der Waals surface area contributed by atoms with E-state index in [0.717, 1.165) is 17.0 Å². The van der Waals surface area contributed by atoms with Gasteiger partial charge in [-0.1, -0.05) is 11.6 Å². The van der Waals surface area contributed by atoms with Crippen LogP contribution in [0.25, 0.3) is 0 Å². The Hall–Kier alpha value is -4.28. The van der Waals surface area contributed by atoms with Crippen LogP contribution in [0.1, 0.15) is 24.3 Å². The average Bonchev–Trinajstić information content (AvgIpc) is 3.36. The molecule has 2 aliphatic heterocycles. The second-order valence-electron chi connectivity index (χ2n) is 12.3. The van der Waals surface area contributed by atoms with Crippen LogP contribution in [-0.4, -0.2) is 81.5 Å². The topological polar surface area (TPSA) is 194 Å². The van der Waals surface area contributed by atoms with Crippen molar-refractivity contribution in [3.8, 4) is 11.5 Å². The molecule has 1 N–H and O–H groups in total. The number of aromatic hydroxyl groups is 1. The molecule has 3 fully saturated rings. The lowest BCUT2D eigenvalue weighted by Gasteiger charge is -2.50. The molecular formula is C30H26BrCl2N5O10. The summed E-state index contributed by atoms with van der Waals surface area (Å²) < 4.78 is 5.51. The van der Waals surface area contributed by atoms with E-state index in [1.165, 1.54) is 45.3 Å². The number of methoxy groups -OCH3 is 1. The van der Waals surface area contributed by atoms with Gasteiger partial charge in [0.2, 0.25) is 11.8 Å². The first-order valence-electron chi connectivity index (χ1n) is 14.4. The van der Waals surface area contributed by atoms with Gasteiger partial charge in [0, 0.05) is 39.2 Å². The summed E-state index contributed by atoms with van der Waals surface area (Å²) in [4.78, 5) is 76.7. The summed E-state index contributed by atoms with van der Waals surface area (Å²) in [6.07, 6.45) is 1.33. The number of anilines is 2. The summed E-state index contributed by atoms with van der Waals surface area (Å²) in [5.74, 6) is -7.64. The van der Waals surface area contributed by atoms with Crippen molar-refractivity contribution in [2.45, 2.75) is 28.5 Å². The molecule has 6 atom stereocenters. The van der Waals surface area contributed by atoms with Crippen LogP contribution >= 0.6 is 39.1 Å². The van der Waals surface area contributed by atoms with E-state index in [1.54, 1.807) is 6.08 Å². The molecule has 0 radical (unpaired) electrons. The van der Waals surface area contributed by atoms with Crippen molar-refractivity contribution in [2.24, 2.45) is 17.8 Å². The zero-order chi connectivity index (χ0) is 35.4. The summed E-state index contributed by atoms with van der Waals surface area (Å²) in [6.45, 7) is 0. The largest absolute Gasteiger partial charge is 0.503 e. The summed E-state index contributed by atoms with van der Waals surface area (Å²) in [7, 11) is 5.33. The molecule has 4 aliphatic rings. The van der Waals surface area contributed by atoms with Gasteiger partial charge in [-0.25, -0.2) is 4.90 Å². The highest BCUT2D eigenvalue weighted by molar-refractivity contribution is 9.10. The average molecular weight is 767 g/mol. The van der Waals surface area contributed by atoms with Gasteiger partial charge in [-0.05, 0) is 52.4 Å². The maximum absolute atomic E-state index is 14.3. The minimum absolute atomic E-state index is 0.0176. The maximum atomic E-state index is 14.3. The predicted octanol–water partition coefficient (Wildman–Crippen LogP) is 4.24. The number of imide groups is 2. The van der Waals surface area contributed by atoms with Crippen LogP contribution in [0.15, 0.2) is 40.4 Å². The standard InChI is InChI=1S/C30H26BrCl2N5O10/c1-34(2)23-18(37(44)45)9-13(10-19(23)38(46)47)36-25(40)15-6-5-14-16(21(15)26(36)41)11-29(32)27(42)35(3)28(43)30(29,33)22(14)12-7-17(31)24(39)20(8-12)48-4/h5,7-10,15-16,21-22,39H,6,11H2,1-4H3/t15-,16+,21-,22-,29+,30-/m0/s1. The minimum Gasteiger partial charge on any atom is -0.503 e. The molecule has 252 valence electrons. The van der Waals surface area contributed by atoms with Gasteiger partial charge in [-0.2, -0.15) is 0 Å². The molecule has 2 saturated heterocycles. The molecule has 6 rings (SSSR count). The number of phenols is 1. The van der Waals surface area contributed by atoms with Gasteiger partial charge >= 0.3 is 11.4 Å². The summed E-state index contributed by atoms with van der Waals surface area (Å²) >= 11 is 17.6. The van der Waals surface area contributed by atoms with Crippen molar-refractivity contribution in [1.29, 1.82) is 0 Å². The molecule has 1 saturated carbocycles. The Morgan fingerprint density at radius 1 is 1.00 bits per heavy atom. The number of carbonyl (C=O) groups excluding carboxylic acids is 4. The molecule has 15 nitrogen and oxygen atoms in total. The summed E-state index contributed by atoms with van der Waals surface area (Å²) in [5, 5.41) is 34.6. The number of carbonyl (C=O) groups is 4. The zero-order valence-electron chi connectivity index (χ0n) is 25.6. The lowest BCUT2D eigenvalue weighted by Crippen LogP contribution is -2.60. The number of ether oxygens (including phenoxy) is 1. The van der Waals surface area contributed by atoms with Crippen molar-refractivity contribution < 1.29 is 38.9 Å². The first-order valence-corrected chi connectivity index (χ1v) is 16.0. The number of fused-ring (bicyclic) bond motifs is 4. The van der Waals surface area contributed by atoms with E-state index in [1.807, 2.05) is 0 Å². The van der Waals surface area contributed by atoms with E-state index in [-0.39, 0.29) is 40.2 Å². The normalized spacial score (nSPS) is 29.4. The molecule has 2 aromatic rings. The third kappa shape index (κ3) is 4.31. The smallest absolute Gasteiger partial charge is 0.301 e. The van der Waals surface area contributed by atoms with Crippen LogP contribution in [0, 0.1) is 38.0 Å². The zero-order valence-corrected chi connectivity index (χ0v) is 28.7. The number of benzene rings is 2. The number of hydrogen-bond donors (Lipinski definition) is 1. The van der Waals surface area contributed by atoms with Crippen molar-refractivity contribution >= 4 is 85.5 Å². The van der Waals surface area contributed by atoms with Crippen molar-refractivity contribution in [2.75, 3.05) is 38.1 Å². The van der Waals surface area contributed by atoms with Gasteiger partial charge in [0.15, 0.2) is 26.9 Å². The van der Waals surface area contributed by atoms with Crippen molar-refractivity contribution in [1.82, 2.24) is 4.90 Å². The predicted molar refractivity (Wildman–Crippen MR) is 174 cm³/mol. The number of allylic oxidation sites excluding steroid dienone is 2. The van der Waals surface area contributed by atoms with Crippen molar-refractivity contribution in [3.63, 3.8) is 0 Å². The first-order chi connectivity index (χ1) is 22.4. The van der Waals surface area contributed by atoms with E-state index >= 15 is 0 Å². The molecule has 48 heavy (non-hydrogen) atoms. The fraction of sp³-hybridized carbons (Fsp3) is 0.400. The molecule has 18 heteroatoms. The quantitative estimate of drug-likeness (QED) is 0.145. The van der Waals surface area contributed by atoms with Crippen LogP contribution in [0.3, 0.4) is 0 Å². The number of amides is 4. The van der Waals surface area contributed by atoms with E-state index < -0.39 is 78.3 Å². The first kappa shape index (κ1) is 33.6. The van der Waals surface area contributed by atoms with E-state index in [2.05, 4.69) is 15.9 Å². The van der Waals surface area contributed by atoms with E-state index in [4.69, 9.17) is 27.9 Å². The Balaban J connectivity index is 1.53. The number of nitro benzene ring substituents is 2. The number of nitrogens with zero attached hydrogens (tertiary/aromatic N) is 5. The molecule has 2 aromatic carbocycles. The second-order valence-corrected chi connectivity index (χ2v) is 14.4. The molecule has 0 bridgehead atoms. The van der Waals surface area contributed by atoms with E-state index in [0.29, 0.717) is 16.0 Å². The molecule has 4 amide bonds. The number of nitro groups is 2. The number of hydrogen-bond acceptors (Lipinski definition) is 11. The monoisotopic (exact) mass is 765 g/mol. The molecule has 0 unspecified atom stereocenters. The highest BCUT2D eigenvalue weighted by Crippen LogP contribution is 2.66. The van der Waals surface area contributed by atoms with E-state index in [9.17, 15) is 44.5 Å².